The van der Waals surface area contributed by atoms with Crippen LogP contribution in [-0.2, 0) is 10.0 Å². The smallest absolute Gasteiger partial charge is 0.281 e. The Morgan fingerprint density at radius 1 is 1.09 bits per heavy atom. The van der Waals surface area contributed by atoms with E-state index in [-0.39, 0.29) is 16.1 Å². The molecule has 1 atom stereocenters. The Kier molecular flexibility index (Phi) is 7.19. The molecule has 4 aliphatic rings. The number of rotatable bonds is 13. The summed E-state index contributed by atoms with van der Waals surface area (Å²) in [7, 11) is -4.18. The van der Waals surface area contributed by atoms with Gasteiger partial charge in [0, 0.05) is 30.5 Å². The molecule has 44 heavy (non-hydrogen) atoms. The minimum atomic E-state index is -4.18. The van der Waals surface area contributed by atoms with E-state index in [1.807, 2.05) is 0 Å². The number of anilines is 1. The van der Waals surface area contributed by atoms with Crippen LogP contribution in [0.15, 0.2) is 53.8 Å². The lowest BCUT2D eigenvalue weighted by Gasteiger charge is -2.17. The van der Waals surface area contributed by atoms with E-state index in [1.165, 1.54) is 44.0 Å². The van der Waals surface area contributed by atoms with E-state index in [0.29, 0.717) is 47.4 Å². The Hall–Kier alpha value is -3.51. The molecule has 3 aromatic rings. The molecule has 3 aliphatic carbocycles. The summed E-state index contributed by atoms with van der Waals surface area (Å²) in [6.45, 7) is 6.81. The van der Waals surface area contributed by atoms with Crippen molar-refractivity contribution in [2.45, 2.75) is 75.8 Å². The first-order chi connectivity index (χ1) is 21.1. The van der Waals surface area contributed by atoms with Gasteiger partial charge in [0.15, 0.2) is 10.8 Å². The van der Waals surface area contributed by atoms with Crippen LogP contribution in [0.25, 0.3) is 5.82 Å². The highest BCUT2D eigenvalue weighted by Gasteiger charge is 2.85. The molecule has 0 unspecified atom stereocenters. The number of hydrogen-bond acceptors (Lipinski definition) is 9. The molecule has 1 aliphatic heterocycles. The lowest BCUT2D eigenvalue weighted by molar-refractivity contribution is 0.0981. The second-order valence-electron chi connectivity index (χ2n) is 13.7. The van der Waals surface area contributed by atoms with Crippen LogP contribution in [0, 0.1) is 22.7 Å². The van der Waals surface area contributed by atoms with Crippen molar-refractivity contribution in [2.24, 2.45) is 22.7 Å². The molecule has 0 aromatic carbocycles. The van der Waals surface area contributed by atoms with Crippen molar-refractivity contribution >= 4 is 21.7 Å². The Bertz CT molecular complexity index is 1630. The molecular weight excluding hydrogens is 578 g/mol. The fourth-order valence-electron chi connectivity index (χ4n) is 7.80. The van der Waals surface area contributed by atoms with Crippen molar-refractivity contribution in [2.75, 3.05) is 25.0 Å². The predicted molar refractivity (Wildman–Crippen MR) is 165 cm³/mol. The summed E-state index contributed by atoms with van der Waals surface area (Å²) in [4.78, 5) is 21.4. The summed E-state index contributed by atoms with van der Waals surface area (Å²) >= 11 is 0. The molecule has 3 saturated carbocycles. The van der Waals surface area contributed by atoms with Gasteiger partial charge in [0.25, 0.3) is 15.9 Å². The van der Waals surface area contributed by atoms with Crippen LogP contribution in [0.3, 0.4) is 0 Å². The number of nitrogens with zero attached hydrogens (tertiary/aromatic N) is 4. The zero-order valence-corrected chi connectivity index (χ0v) is 26.2. The molecule has 11 nitrogen and oxygen atoms in total. The van der Waals surface area contributed by atoms with Gasteiger partial charge in [0.1, 0.15) is 5.82 Å². The van der Waals surface area contributed by atoms with Gasteiger partial charge in [-0.2, -0.15) is 8.42 Å². The number of hydrogen-bond donors (Lipinski definition) is 3. The molecule has 3 N–H and O–H groups in total. The average molecular weight is 620 g/mol. The molecule has 234 valence electrons. The monoisotopic (exact) mass is 619 g/mol. The molecule has 1 saturated heterocycles. The summed E-state index contributed by atoms with van der Waals surface area (Å²) in [5, 5.41) is 11.0. The second kappa shape index (κ2) is 10.8. The predicted octanol–water partition coefficient (Wildman–Crippen LogP) is 4.32. The molecule has 0 bridgehead atoms. The minimum absolute atomic E-state index is 0.104. The van der Waals surface area contributed by atoms with E-state index in [2.05, 4.69) is 44.3 Å². The molecule has 4 fully saturated rings. The van der Waals surface area contributed by atoms with Gasteiger partial charge in [-0.1, -0.05) is 6.07 Å². The third-order valence-electron chi connectivity index (χ3n) is 10.3. The van der Waals surface area contributed by atoms with Crippen LogP contribution in [0.5, 0.6) is 5.88 Å². The molecular formula is C32H41N7O4S. The maximum Gasteiger partial charge on any atom is 0.281 e. The van der Waals surface area contributed by atoms with Crippen molar-refractivity contribution in [3.63, 3.8) is 0 Å². The average Bonchev–Trinajstić information content (AvgIpc) is 3.95. The van der Waals surface area contributed by atoms with E-state index < -0.39 is 15.9 Å². The first kappa shape index (κ1) is 29.2. The van der Waals surface area contributed by atoms with Gasteiger partial charge in [-0.05, 0) is 119 Å². The number of sulfonamides is 1. The second-order valence-corrected chi connectivity index (χ2v) is 15.3. The van der Waals surface area contributed by atoms with Crippen molar-refractivity contribution < 1.29 is 17.9 Å². The zero-order chi connectivity index (χ0) is 30.6. The highest BCUT2D eigenvalue weighted by atomic mass is 32.2. The topological polar surface area (TPSA) is 140 Å². The van der Waals surface area contributed by atoms with Crippen molar-refractivity contribution in [3.05, 3.63) is 54.4 Å². The van der Waals surface area contributed by atoms with E-state index >= 15 is 0 Å². The number of fused-ring (bicyclic) bond motifs is 1. The maximum absolute atomic E-state index is 13.0. The lowest BCUT2D eigenvalue weighted by atomic mass is 9.94. The lowest BCUT2D eigenvalue weighted by Crippen LogP contribution is -2.31. The number of pyridine rings is 2. The van der Waals surface area contributed by atoms with Crippen molar-refractivity contribution in [3.8, 4) is 11.7 Å². The maximum atomic E-state index is 13.0. The fourth-order valence-corrected chi connectivity index (χ4v) is 8.74. The zero-order valence-electron chi connectivity index (χ0n) is 25.4. The molecule has 1 amide bonds. The van der Waals surface area contributed by atoms with Crippen LogP contribution in [0.1, 0.15) is 75.6 Å². The van der Waals surface area contributed by atoms with Crippen molar-refractivity contribution in [1.82, 2.24) is 29.8 Å². The molecule has 12 heteroatoms. The largest absolute Gasteiger partial charge is 0.477 e. The minimum Gasteiger partial charge on any atom is -0.477 e. The number of nitrogens with one attached hydrogen (secondary N) is 3. The first-order valence-electron chi connectivity index (χ1n) is 15.8. The van der Waals surface area contributed by atoms with Crippen LogP contribution < -0.4 is 20.1 Å². The number of carbonyl (C=O) groups is 1. The van der Waals surface area contributed by atoms with E-state index in [0.717, 1.165) is 38.1 Å². The van der Waals surface area contributed by atoms with Gasteiger partial charge in [-0.15, -0.1) is 5.10 Å². The summed E-state index contributed by atoms with van der Waals surface area (Å²) < 4.78 is 35.5. The Labute approximate surface area is 258 Å². The SMILES string of the molecule is CC1(C)C[C@H](CCCNc2cccc(S(=O)(=O)NC(=O)c3ccc(-n4ccc(OCCC5C6(CC6)C56CC6)n4)nc3)n2)CN1. The number of amides is 1. The Morgan fingerprint density at radius 2 is 1.89 bits per heavy atom. The van der Waals surface area contributed by atoms with E-state index in [9.17, 15) is 13.2 Å². The standard InChI is InChI=1S/C32H41N7O4S/c1-30(2)19-22(20-35-30)5-4-16-33-25-6-3-7-28(36-25)44(41,42)38-29(40)23-8-9-26(34-21-23)39-17-10-27(37-39)43-18-11-24-31(12-13-31)32(24)14-15-32/h3,6-10,17,21-22,24,35H,4-5,11-16,18-20H2,1-2H3,(H,33,36)(H,38,40)/t22-/m0/s1. The normalized spacial score (nSPS) is 22.2. The molecule has 0 radical (unpaired) electrons. The van der Waals surface area contributed by atoms with Gasteiger partial charge in [-0.25, -0.2) is 19.4 Å². The highest BCUT2D eigenvalue weighted by molar-refractivity contribution is 7.90. The van der Waals surface area contributed by atoms with Crippen LogP contribution in [0.2, 0.25) is 0 Å². The molecule has 3 aromatic heterocycles. The highest BCUT2D eigenvalue weighted by Crippen LogP contribution is 2.93. The van der Waals surface area contributed by atoms with E-state index in [4.69, 9.17) is 4.74 Å². The summed E-state index contributed by atoms with van der Waals surface area (Å²) in [6.07, 6.45) is 13.0. The van der Waals surface area contributed by atoms with Gasteiger partial charge in [0.2, 0.25) is 5.88 Å². The fraction of sp³-hybridized carbons (Fsp3) is 0.562. The van der Waals surface area contributed by atoms with Gasteiger partial charge in [0.05, 0.1) is 12.2 Å². The Balaban J connectivity index is 0.888. The van der Waals surface area contributed by atoms with Crippen LogP contribution >= 0.6 is 0 Å². The number of carbonyl (C=O) groups excluding carboxylic acids is 1. The molecule has 4 heterocycles. The summed E-state index contributed by atoms with van der Waals surface area (Å²) in [5.41, 5.74) is 1.65. The van der Waals surface area contributed by atoms with E-state index in [1.54, 1.807) is 35.1 Å². The van der Waals surface area contributed by atoms with Gasteiger partial charge < -0.3 is 15.4 Å². The Morgan fingerprint density at radius 3 is 2.57 bits per heavy atom. The van der Waals surface area contributed by atoms with Crippen LogP contribution in [-0.4, -0.2) is 59.3 Å². The first-order valence-corrected chi connectivity index (χ1v) is 17.3. The van der Waals surface area contributed by atoms with Gasteiger partial charge >= 0.3 is 0 Å². The third-order valence-corrected chi connectivity index (χ3v) is 11.5. The van der Waals surface area contributed by atoms with Gasteiger partial charge in [-0.3, -0.25) is 4.79 Å². The van der Waals surface area contributed by atoms with Crippen LogP contribution in [0.4, 0.5) is 5.82 Å². The summed E-state index contributed by atoms with van der Waals surface area (Å²) in [5.74, 6) is 2.16. The molecule has 7 rings (SSSR count). The third kappa shape index (κ3) is 5.69. The number of ether oxygens (including phenoxy) is 1. The number of aromatic nitrogens is 4. The van der Waals surface area contributed by atoms with Crippen molar-refractivity contribution in [1.29, 1.82) is 0 Å². The quantitative estimate of drug-likeness (QED) is 0.239. The summed E-state index contributed by atoms with van der Waals surface area (Å²) in [6, 6.07) is 9.61. The molecule has 2 spiro atoms.